The molecule has 0 amide bonds. The molecule has 0 bridgehead atoms. The van der Waals surface area contributed by atoms with Crippen LogP contribution in [0.2, 0.25) is 0 Å². The van der Waals surface area contributed by atoms with Gasteiger partial charge in [-0.2, -0.15) is 0 Å². The van der Waals surface area contributed by atoms with Crippen molar-refractivity contribution in [2.75, 3.05) is 5.75 Å². The quantitative estimate of drug-likeness (QED) is 0.141. The minimum absolute atomic E-state index is 0. The Morgan fingerprint density at radius 2 is 1.79 bits per heavy atom. The fraction of sp³-hybridized carbons (Fsp3) is 0.750. The summed E-state index contributed by atoms with van der Waals surface area (Å²) in [6.07, 6.45) is 15.7. The zero-order valence-electron chi connectivity index (χ0n) is 20.8. The van der Waals surface area contributed by atoms with E-state index in [9.17, 15) is 10.2 Å². The highest BCUT2D eigenvalue weighted by molar-refractivity contribution is 8.93. The molecule has 34 heavy (non-hydrogen) atoms. The molecule has 2 saturated carbocycles. The zero-order valence-corrected chi connectivity index (χ0v) is 23.3. The molecule has 4 nitrogen and oxygen atoms in total. The maximum Gasteiger partial charge on any atom is 0.151 e. The molecule has 4 unspecified atom stereocenters. The van der Waals surface area contributed by atoms with Gasteiger partial charge in [-0.3, -0.25) is 5.41 Å². The van der Waals surface area contributed by atoms with Crippen LogP contribution in [0.1, 0.15) is 101 Å². The number of aromatic hydroxyl groups is 1. The first-order valence-corrected chi connectivity index (χ1v) is 14.4. The van der Waals surface area contributed by atoms with Gasteiger partial charge in [0.1, 0.15) is 5.75 Å². The summed E-state index contributed by atoms with van der Waals surface area (Å²) in [5.41, 5.74) is 8.36. The summed E-state index contributed by atoms with van der Waals surface area (Å²) in [6.45, 7) is 2.36. The second-order valence-electron chi connectivity index (χ2n) is 11.3. The topological polar surface area (TPSA) is 90.3 Å². The molecule has 0 radical (unpaired) electrons. The lowest BCUT2D eigenvalue weighted by Crippen LogP contribution is -2.47. The summed E-state index contributed by atoms with van der Waals surface area (Å²) in [7, 11) is 0. The average Bonchev–Trinajstić information content (AvgIpc) is 3.08. The predicted octanol–water partition coefficient (Wildman–Crippen LogP) is 7.16. The first-order chi connectivity index (χ1) is 15.9. The van der Waals surface area contributed by atoms with Gasteiger partial charge in [0.15, 0.2) is 5.17 Å². The van der Waals surface area contributed by atoms with Gasteiger partial charge in [-0.25, -0.2) is 0 Å². The Kier molecular flexibility index (Phi) is 10.2. The summed E-state index contributed by atoms with van der Waals surface area (Å²) < 4.78 is 0. The number of aliphatic hydroxyl groups is 1. The molecule has 0 heterocycles. The number of nitrogens with one attached hydrogen (secondary N) is 1. The predicted molar refractivity (Wildman–Crippen MR) is 149 cm³/mol. The molecule has 2 fully saturated rings. The Bertz CT molecular complexity index is 822. The molecule has 1 aromatic carbocycles. The van der Waals surface area contributed by atoms with Crippen molar-refractivity contribution in [2.45, 2.75) is 102 Å². The number of phenols is 1. The van der Waals surface area contributed by atoms with Crippen LogP contribution in [0.4, 0.5) is 0 Å². The molecule has 3 aliphatic carbocycles. The van der Waals surface area contributed by atoms with Gasteiger partial charge in [0, 0.05) is 5.75 Å². The van der Waals surface area contributed by atoms with E-state index in [1.165, 1.54) is 80.7 Å². The van der Waals surface area contributed by atoms with Crippen molar-refractivity contribution in [3.8, 4) is 5.75 Å². The fourth-order valence-corrected chi connectivity index (χ4v) is 8.17. The Morgan fingerprint density at radius 3 is 2.53 bits per heavy atom. The van der Waals surface area contributed by atoms with Gasteiger partial charge >= 0.3 is 0 Å². The van der Waals surface area contributed by atoms with Gasteiger partial charge in [-0.1, -0.05) is 63.3 Å². The van der Waals surface area contributed by atoms with Crippen molar-refractivity contribution in [3.05, 3.63) is 29.3 Å². The lowest BCUT2D eigenvalue weighted by molar-refractivity contribution is -0.0396. The minimum atomic E-state index is -0.126. The van der Waals surface area contributed by atoms with Gasteiger partial charge in [0.2, 0.25) is 0 Å². The molecule has 6 atom stereocenters. The third-order valence-electron chi connectivity index (χ3n) is 9.31. The second kappa shape index (κ2) is 12.5. The van der Waals surface area contributed by atoms with Gasteiger partial charge in [0.25, 0.3) is 0 Å². The van der Waals surface area contributed by atoms with Gasteiger partial charge in [-0.15, -0.1) is 17.0 Å². The number of fused-ring (bicyclic) bond motifs is 5. The molecule has 192 valence electrons. The number of aliphatic hydroxyl groups excluding tert-OH is 1. The first kappa shape index (κ1) is 27.9. The van der Waals surface area contributed by atoms with Crippen LogP contribution >= 0.6 is 28.7 Å². The molecule has 6 heteroatoms. The lowest BCUT2D eigenvalue weighted by atomic mass is 9.52. The molecule has 0 saturated heterocycles. The number of amidine groups is 1. The molecular weight excluding hydrogens is 508 g/mol. The number of halogens is 1. The zero-order chi connectivity index (χ0) is 23.4. The largest absolute Gasteiger partial charge is 0.508 e. The highest BCUT2D eigenvalue weighted by Crippen LogP contribution is 2.62. The normalized spacial score (nSPS) is 31.8. The van der Waals surface area contributed by atoms with E-state index in [1.54, 1.807) is 0 Å². The Balaban J connectivity index is 0.00000324. The van der Waals surface area contributed by atoms with Crippen molar-refractivity contribution in [1.82, 2.24) is 0 Å². The lowest BCUT2D eigenvalue weighted by Gasteiger charge is -2.53. The summed E-state index contributed by atoms with van der Waals surface area (Å²) in [5, 5.41) is 28.4. The van der Waals surface area contributed by atoms with Crippen LogP contribution < -0.4 is 5.73 Å². The molecule has 0 spiro atoms. The average molecular weight is 554 g/mol. The van der Waals surface area contributed by atoms with E-state index >= 15 is 0 Å². The summed E-state index contributed by atoms with van der Waals surface area (Å²) >= 11 is 1.46. The number of hydrogen-bond acceptors (Lipinski definition) is 4. The van der Waals surface area contributed by atoms with Crippen LogP contribution in [0, 0.1) is 28.6 Å². The van der Waals surface area contributed by atoms with Crippen molar-refractivity contribution < 1.29 is 10.2 Å². The third-order valence-corrected chi connectivity index (χ3v) is 10.1. The Hall–Kier alpha value is -0.720. The van der Waals surface area contributed by atoms with Crippen molar-refractivity contribution >= 4 is 33.9 Å². The van der Waals surface area contributed by atoms with Crippen molar-refractivity contribution in [2.24, 2.45) is 28.9 Å². The van der Waals surface area contributed by atoms with Crippen molar-refractivity contribution in [1.29, 1.82) is 5.41 Å². The number of rotatable bonds is 10. The van der Waals surface area contributed by atoms with E-state index in [-0.39, 0.29) is 33.7 Å². The van der Waals surface area contributed by atoms with E-state index in [2.05, 4.69) is 13.0 Å². The van der Waals surface area contributed by atoms with E-state index in [4.69, 9.17) is 11.1 Å². The van der Waals surface area contributed by atoms with Crippen LogP contribution in [0.25, 0.3) is 0 Å². The van der Waals surface area contributed by atoms with E-state index in [1.807, 2.05) is 12.1 Å². The monoisotopic (exact) mass is 552 g/mol. The smallest absolute Gasteiger partial charge is 0.151 e. The number of thioether (sulfide) groups is 1. The van der Waals surface area contributed by atoms with Crippen molar-refractivity contribution in [3.63, 3.8) is 0 Å². The van der Waals surface area contributed by atoms with E-state index in [0.717, 1.165) is 31.4 Å². The molecule has 5 N–H and O–H groups in total. The van der Waals surface area contributed by atoms with Gasteiger partial charge in [0.05, 0.1) is 6.10 Å². The fourth-order valence-electron chi connectivity index (χ4n) is 7.61. The first-order valence-electron chi connectivity index (χ1n) is 13.4. The standard InChI is InChI=1S/C28H44N2O2S.BrH/c1-28-15-14-23-22-11-10-21(31)18-20(22)17-19(26(23)24(28)12-13-25(28)32)9-7-5-3-2-4-6-8-16-33-27(29)30;/h10-11,18-19,23-26,31-32H,2-9,12-17H2,1H3,(H3,29,30);1H/t19?,23?,24?,25-,26?,28-;/m0./s1. The van der Waals surface area contributed by atoms with Crippen LogP contribution in [0.15, 0.2) is 18.2 Å². The second-order valence-corrected chi connectivity index (χ2v) is 12.4. The highest BCUT2D eigenvalue weighted by Gasteiger charge is 2.56. The number of benzene rings is 1. The number of unbranched alkanes of at least 4 members (excludes halogenated alkanes) is 6. The highest BCUT2D eigenvalue weighted by atomic mass is 79.9. The maximum atomic E-state index is 10.8. The molecule has 4 rings (SSSR count). The van der Waals surface area contributed by atoms with Crippen LogP contribution in [-0.2, 0) is 6.42 Å². The Morgan fingerprint density at radius 1 is 1.09 bits per heavy atom. The SMILES string of the molecule is Br.C[C@]12CCC3c4ccc(O)cc4CC(CCCCCCCCCSC(=N)N)C3C1CC[C@@H]2O. The van der Waals surface area contributed by atoms with Gasteiger partial charge < -0.3 is 15.9 Å². The molecule has 1 aromatic rings. The molecule has 3 aliphatic rings. The van der Waals surface area contributed by atoms with E-state index < -0.39 is 0 Å². The van der Waals surface area contributed by atoms with Crippen LogP contribution in [0.5, 0.6) is 5.75 Å². The van der Waals surface area contributed by atoms with Crippen LogP contribution in [0.3, 0.4) is 0 Å². The van der Waals surface area contributed by atoms with Crippen LogP contribution in [-0.4, -0.2) is 27.2 Å². The number of hydrogen-bond donors (Lipinski definition) is 4. The summed E-state index contributed by atoms with van der Waals surface area (Å²) in [6, 6.07) is 6.11. The Labute approximate surface area is 221 Å². The summed E-state index contributed by atoms with van der Waals surface area (Å²) in [5.74, 6) is 4.01. The molecule has 0 aliphatic heterocycles. The molecule has 0 aromatic heterocycles. The number of phenolic OH excluding ortho intramolecular Hbond substituents is 1. The third kappa shape index (κ3) is 6.15. The van der Waals surface area contributed by atoms with Gasteiger partial charge in [-0.05, 0) is 97.3 Å². The minimum Gasteiger partial charge on any atom is -0.508 e. The number of nitrogens with two attached hydrogens (primary N) is 1. The van der Waals surface area contributed by atoms with E-state index in [0.29, 0.717) is 29.4 Å². The summed E-state index contributed by atoms with van der Waals surface area (Å²) in [4.78, 5) is 0. The molecular formula is C28H45BrN2O2S. The maximum absolute atomic E-state index is 10.8.